The van der Waals surface area contributed by atoms with Crippen molar-refractivity contribution in [1.29, 1.82) is 0 Å². The van der Waals surface area contributed by atoms with Crippen LogP contribution in [0.4, 0.5) is 0 Å². The minimum absolute atomic E-state index is 0.126. The minimum Gasteiger partial charge on any atom is -0.276 e. The van der Waals surface area contributed by atoms with E-state index in [-0.39, 0.29) is 17.8 Å². The molecule has 0 unspecified atom stereocenters. The van der Waals surface area contributed by atoms with Gasteiger partial charge < -0.3 is 0 Å². The summed E-state index contributed by atoms with van der Waals surface area (Å²) in [5, 5.41) is 5.60. The molecule has 0 aliphatic heterocycles. The molecule has 0 bridgehead atoms. The van der Waals surface area contributed by atoms with Crippen molar-refractivity contribution in [3.63, 3.8) is 0 Å². The second kappa shape index (κ2) is 7.28. The topological polar surface area (TPSA) is 61.3 Å². The van der Waals surface area contributed by atoms with Crippen LogP contribution in [-0.2, 0) is 13.1 Å². The maximum atomic E-state index is 13.2. The molecule has 6 nitrogen and oxygen atoms in total. The van der Waals surface area contributed by atoms with Crippen molar-refractivity contribution >= 4 is 28.3 Å². The molecule has 0 fully saturated rings. The zero-order valence-electron chi connectivity index (χ0n) is 15.8. The number of fused-ring (bicyclic) bond motifs is 3. The molecule has 0 amide bonds. The first kappa shape index (κ1) is 18.5. The standard InChI is InChI=1S/C21H21ClN4O2/c1-14(2)11-12-24-19(27)16-8-4-6-10-18(16)26-20(24)23-25(21(26)28)13-15-7-3-5-9-17(15)22/h3-10,14H,11-13H2,1-2H3. The van der Waals surface area contributed by atoms with Crippen LogP contribution >= 0.6 is 11.6 Å². The van der Waals surface area contributed by atoms with Crippen LogP contribution in [-0.4, -0.2) is 18.7 Å². The maximum absolute atomic E-state index is 13.2. The Morgan fingerprint density at radius 3 is 2.50 bits per heavy atom. The average Bonchev–Trinajstić information content (AvgIpc) is 2.99. The van der Waals surface area contributed by atoms with Gasteiger partial charge in [0.05, 0.1) is 17.4 Å². The van der Waals surface area contributed by atoms with Crippen LogP contribution in [0.2, 0.25) is 5.02 Å². The van der Waals surface area contributed by atoms with E-state index < -0.39 is 0 Å². The molecule has 0 aliphatic carbocycles. The van der Waals surface area contributed by atoms with E-state index in [1.165, 1.54) is 9.08 Å². The van der Waals surface area contributed by atoms with Crippen LogP contribution in [0.15, 0.2) is 58.1 Å². The van der Waals surface area contributed by atoms with Gasteiger partial charge in [-0.05, 0) is 36.1 Å². The van der Waals surface area contributed by atoms with Gasteiger partial charge in [-0.1, -0.05) is 55.8 Å². The predicted octanol–water partition coefficient (Wildman–Crippen LogP) is 3.56. The van der Waals surface area contributed by atoms with Gasteiger partial charge in [0.2, 0.25) is 5.78 Å². The van der Waals surface area contributed by atoms with Crippen molar-refractivity contribution in [3.8, 4) is 0 Å². The van der Waals surface area contributed by atoms with E-state index in [0.29, 0.717) is 34.2 Å². The Morgan fingerprint density at radius 1 is 1.04 bits per heavy atom. The Hall–Kier alpha value is -2.86. The first-order chi connectivity index (χ1) is 13.5. The molecule has 2 heterocycles. The lowest BCUT2D eigenvalue weighted by Crippen LogP contribution is -2.27. The van der Waals surface area contributed by atoms with Gasteiger partial charge in [-0.25, -0.2) is 13.9 Å². The molecule has 0 saturated heterocycles. The van der Waals surface area contributed by atoms with E-state index in [9.17, 15) is 9.59 Å². The van der Waals surface area contributed by atoms with E-state index >= 15 is 0 Å². The van der Waals surface area contributed by atoms with Crippen molar-refractivity contribution in [2.75, 3.05) is 0 Å². The van der Waals surface area contributed by atoms with Crippen LogP contribution in [0.3, 0.4) is 0 Å². The largest absolute Gasteiger partial charge is 0.352 e. The summed E-state index contributed by atoms with van der Waals surface area (Å²) in [7, 11) is 0. The van der Waals surface area contributed by atoms with Gasteiger partial charge in [-0.2, -0.15) is 0 Å². The fourth-order valence-corrected chi connectivity index (χ4v) is 3.54. The molecule has 2 aromatic heterocycles. The van der Waals surface area contributed by atoms with Gasteiger partial charge >= 0.3 is 5.69 Å². The highest BCUT2D eigenvalue weighted by molar-refractivity contribution is 6.31. The summed E-state index contributed by atoms with van der Waals surface area (Å²) >= 11 is 6.26. The Balaban J connectivity index is 1.98. The summed E-state index contributed by atoms with van der Waals surface area (Å²) in [6, 6.07) is 14.5. The summed E-state index contributed by atoms with van der Waals surface area (Å²) < 4.78 is 4.50. The third-order valence-corrected chi connectivity index (χ3v) is 5.26. The van der Waals surface area contributed by atoms with Crippen LogP contribution in [0, 0.1) is 5.92 Å². The lowest BCUT2D eigenvalue weighted by molar-refractivity contribution is 0.511. The molecule has 0 aliphatic rings. The first-order valence-corrected chi connectivity index (χ1v) is 9.69. The van der Waals surface area contributed by atoms with E-state index in [0.717, 1.165) is 12.0 Å². The van der Waals surface area contributed by atoms with Crippen LogP contribution in [0.1, 0.15) is 25.8 Å². The third-order valence-electron chi connectivity index (χ3n) is 4.89. The quantitative estimate of drug-likeness (QED) is 0.518. The highest BCUT2D eigenvalue weighted by atomic mass is 35.5. The molecule has 144 valence electrons. The van der Waals surface area contributed by atoms with Crippen molar-refractivity contribution in [3.05, 3.63) is 80.0 Å². The second-order valence-corrected chi connectivity index (χ2v) is 7.73. The Labute approximate surface area is 166 Å². The van der Waals surface area contributed by atoms with E-state index in [1.54, 1.807) is 22.8 Å². The number of benzene rings is 2. The summed E-state index contributed by atoms with van der Waals surface area (Å²) in [5.74, 6) is 0.789. The van der Waals surface area contributed by atoms with Gasteiger partial charge in [0, 0.05) is 11.6 Å². The normalized spacial score (nSPS) is 11.7. The lowest BCUT2D eigenvalue weighted by atomic mass is 10.1. The smallest absolute Gasteiger partial charge is 0.276 e. The number of para-hydroxylation sites is 1. The van der Waals surface area contributed by atoms with Crippen molar-refractivity contribution in [1.82, 2.24) is 18.7 Å². The minimum atomic E-state index is -0.288. The number of hydrogen-bond donors (Lipinski definition) is 0. The second-order valence-electron chi connectivity index (χ2n) is 7.32. The number of aromatic nitrogens is 4. The fraction of sp³-hybridized carbons (Fsp3) is 0.286. The number of hydrogen-bond acceptors (Lipinski definition) is 3. The summed E-state index contributed by atoms with van der Waals surface area (Å²) in [5.41, 5.74) is 0.955. The van der Waals surface area contributed by atoms with Crippen molar-refractivity contribution in [2.45, 2.75) is 33.4 Å². The molecule has 4 rings (SSSR count). The molecule has 28 heavy (non-hydrogen) atoms. The molecule has 2 aromatic carbocycles. The number of nitrogens with zero attached hydrogens (tertiary/aromatic N) is 4. The van der Waals surface area contributed by atoms with Gasteiger partial charge in [0.1, 0.15) is 0 Å². The first-order valence-electron chi connectivity index (χ1n) is 9.32. The summed E-state index contributed by atoms with van der Waals surface area (Å²) in [4.78, 5) is 26.2. The molecular weight excluding hydrogens is 376 g/mol. The third kappa shape index (κ3) is 3.14. The number of rotatable bonds is 5. The van der Waals surface area contributed by atoms with Gasteiger partial charge in [-0.3, -0.25) is 9.36 Å². The molecular formula is C21H21ClN4O2. The molecule has 0 saturated carbocycles. The average molecular weight is 397 g/mol. The van der Waals surface area contributed by atoms with Gasteiger partial charge in [0.15, 0.2) is 0 Å². The summed E-state index contributed by atoms with van der Waals surface area (Å²) in [6.07, 6.45) is 0.819. The SMILES string of the molecule is CC(C)CCn1c(=O)c2ccccc2n2c(=O)n(Cc3ccccc3Cl)nc12. The summed E-state index contributed by atoms with van der Waals surface area (Å²) in [6.45, 7) is 4.96. The van der Waals surface area contributed by atoms with Crippen molar-refractivity contribution < 1.29 is 0 Å². The fourth-order valence-electron chi connectivity index (χ4n) is 3.35. The van der Waals surface area contributed by atoms with Gasteiger partial charge in [0.25, 0.3) is 5.56 Å². The molecule has 0 spiro atoms. The highest BCUT2D eigenvalue weighted by Crippen LogP contribution is 2.16. The lowest BCUT2D eigenvalue weighted by Gasteiger charge is -2.10. The van der Waals surface area contributed by atoms with E-state index in [2.05, 4.69) is 18.9 Å². The van der Waals surface area contributed by atoms with E-state index in [1.807, 2.05) is 30.3 Å². The van der Waals surface area contributed by atoms with Crippen LogP contribution in [0.25, 0.3) is 16.7 Å². The Bertz CT molecular complexity index is 1280. The molecule has 4 aromatic rings. The molecule has 7 heteroatoms. The Kier molecular flexibility index (Phi) is 4.81. The molecule has 0 atom stereocenters. The number of aryl methyl sites for hydroxylation is 1. The van der Waals surface area contributed by atoms with E-state index in [4.69, 9.17) is 11.6 Å². The van der Waals surface area contributed by atoms with Gasteiger partial charge in [-0.15, -0.1) is 5.10 Å². The highest BCUT2D eigenvalue weighted by Gasteiger charge is 2.18. The van der Waals surface area contributed by atoms with Crippen LogP contribution in [0.5, 0.6) is 0 Å². The molecule has 0 radical (unpaired) electrons. The van der Waals surface area contributed by atoms with Crippen molar-refractivity contribution in [2.24, 2.45) is 5.92 Å². The number of halogens is 1. The zero-order chi connectivity index (χ0) is 19.8. The molecule has 0 N–H and O–H groups in total. The maximum Gasteiger partial charge on any atom is 0.352 e. The zero-order valence-corrected chi connectivity index (χ0v) is 16.6. The van der Waals surface area contributed by atoms with Crippen LogP contribution < -0.4 is 11.2 Å². The predicted molar refractivity (Wildman–Crippen MR) is 111 cm³/mol. The monoisotopic (exact) mass is 396 g/mol. The Morgan fingerprint density at radius 2 is 1.75 bits per heavy atom.